The maximum atomic E-state index is 13.6. The molecule has 0 bridgehead atoms. The third-order valence-electron chi connectivity index (χ3n) is 7.53. The van der Waals surface area contributed by atoms with E-state index in [1.54, 1.807) is 0 Å². The molecule has 35 heavy (non-hydrogen) atoms. The van der Waals surface area contributed by atoms with Crippen LogP contribution in [0.5, 0.6) is 0 Å². The summed E-state index contributed by atoms with van der Waals surface area (Å²) >= 11 is 0. The first-order chi connectivity index (χ1) is 16.9. The van der Waals surface area contributed by atoms with Crippen LogP contribution in [0.2, 0.25) is 0 Å². The fraction of sp³-hybridized carbons (Fsp3) is 0.444. The molecule has 2 aromatic carbocycles. The lowest BCUT2D eigenvalue weighted by Crippen LogP contribution is -2.64. The number of piperidine rings is 1. The molecule has 184 valence electrons. The monoisotopic (exact) mass is 478 g/mol. The Kier molecular flexibility index (Phi) is 6.23. The number of amides is 2. The number of carbonyl (C=O) groups excluding carboxylic acids is 2. The Hall–Kier alpha value is -3.39. The van der Waals surface area contributed by atoms with Crippen LogP contribution in [0.4, 0.5) is 4.79 Å². The summed E-state index contributed by atoms with van der Waals surface area (Å²) in [7, 11) is 0. The van der Waals surface area contributed by atoms with Gasteiger partial charge in [0.1, 0.15) is 18.2 Å². The lowest BCUT2D eigenvalue weighted by molar-refractivity contribution is -0.156. The van der Waals surface area contributed by atoms with Gasteiger partial charge < -0.3 is 24.8 Å². The molecule has 8 heteroatoms. The SMILES string of the molecule is CC1CCN(C(=O)C2(NC(=O)OCC3c4ccccc4-c4ccccc43)CCOC2)C(C(=O)O)C1. The largest absolute Gasteiger partial charge is 0.480 e. The average molecular weight is 479 g/mol. The van der Waals surface area contributed by atoms with E-state index < -0.39 is 29.6 Å². The third kappa shape index (κ3) is 4.27. The quantitative estimate of drug-likeness (QED) is 0.683. The van der Waals surface area contributed by atoms with Crippen LogP contribution >= 0.6 is 0 Å². The van der Waals surface area contributed by atoms with Crippen LogP contribution in [-0.4, -0.2) is 65.9 Å². The third-order valence-corrected chi connectivity index (χ3v) is 7.53. The Morgan fingerprint density at radius 3 is 2.37 bits per heavy atom. The number of rotatable bonds is 5. The van der Waals surface area contributed by atoms with Gasteiger partial charge in [0.15, 0.2) is 0 Å². The highest BCUT2D eigenvalue weighted by Gasteiger charge is 2.49. The number of hydrogen-bond acceptors (Lipinski definition) is 5. The van der Waals surface area contributed by atoms with Gasteiger partial charge in [-0.2, -0.15) is 0 Å². The zero-order valence-electron chi connectivity index (χ0n) is 19.7. The van der Waals surface area contributed by atoms with Crippen molar-refractivity contribution in [3.8, 4) is 11.1 Å². The van der Waals surface area contributed by atoms with Gasteiger partial charge in [-0.15, -0.1) is 0 Å². The van der Waals surface area contributed by atoms with Gasteiger partial charge in [0.05, 0.1) is 6.61 Å². The predicted octanol–water partition coefficient (Wildman–Crippen LogP) is 3.40. The van der Waals surface area contributed by atoms with Crippen molar-refractivity contribution < 1.29 is 29.0 Å². The van der Waals surface area contributed by atoms with E-state index in [2.05, 4.69) is 17.4 Å². The highest BCUT2D eigenvalue weighted by molar-refractivity contribution is 5.93. The van der Waals surface area contributed by atoms with Crippen LogP contribution < -0.4 is 5.32 Å². The van der Waals surface area contributed by atoms with Gasteiger partial charge in [0.2, 0.25) is 0 Å². The summed E-state index contributed by atoms with van der Waals surface area (Å²) in [4.78, 5) is 39.8. The summed E-state index contributed by atoms with van der Waals surface area (Å²) < 4.78 is 11.2. The lowest BCUT2D eigenvalue weighted by atomic mass is 9.89. The number of hydrogen-bond donors (Lipinski definition) is 2. The second-order valence-electron chi connectivity index (χ2n) is 9.82. The van der Waals surface area contributed by atoms with Crippen LogP contribution in [-0.2, 0) is 19.1 Å². The predicted molar refractivity (Wildman–Crippen MR) is 128 cm³/mol. The van der Waals surface area contributed by atoms with Crippen LogP contribution in [0.1, 0.15) is 43.2 Å². The van der Waals surface area contributed by atoms with Crippen LogP contribution in [0, 0.1) is 5.92 Å². The highest BCUT2D eigenvalue weighted by Crippen LogP contribution is 2.44. The number of nitrogens with one attached hydrogen (secondary N) is 1. The average Bonchev–Trinajstić information content (AvgIpc) is 3.46. The van der Waals surface area contributed by atoms with Gasteiger partial charge in [-0.05, 0) is 41.0 Å². The van der Waals surface area contributed by atoms with E-state index in [1.807, 2.05) is 43.3 Å². The Labute approximate surface area is 204 Å². The van der Waals surface area contributed by atoms with Crippen molar-refractivity contribution in [1.29, 1.82) is 0 Å². The Morgan fingerprint density at radius 2 is 1.77 bits per heavy atom. The molecular weight excluding hydrogens is 448 g/mol. The molecule has 0 saturated carbocycles. The molecule has 2 aromatic rings. The smallest absolute Gasteiger partial charge is 0.408 e. The molecule has 8 nitrogen and oxygen atoms in total. The van der Waals surface area contributed by atoms with E-state index in [0.29, 0.717) is 19.6 Å². The topological polar surface area (TPSA) is 105 Å². The van der Waals surface area contributed by atoms with Crippen molar-refractivity contribution in [2.75, 3.05) is 26.4 Å². The van der Waals surface area contributed by atoms with Crippen molar-refractivity contribution >= 4 is 18.0 Å². The molecule has 0 spiro atoms. The number of carbonyl (C=O) groups is 3. The van der Waals surface area contributed by atoms with E-state index in [1.165, 1.54) is 4.90 Å². The molecule has 0 radical (unpaired) electrons. The molecular formula is C27H30N2O6. The van der Waals surface area contributed by atoms with Crippen molar-refractivity contribution in [3.05, 3.63) is 59.7 Å². The van der Waals surface area contributed by atoms with Crippen LogP contribution in [0.3, 0.4) is 0 Å². The Morgan fingerprint density at radius 1 is 1.11 bits per heavy atom. The molecule has 5 rings (SSSR count). The number of nitrogens with zero attached hydrogens (tertiary/aromatic N) is 1. The number of alkyl carbamates (subject to hydrolysis) is 1. The number of aliphatic carboxylic acids is 1. The maximum Gasteiger partial charge on any atom is 0.408 e. The van der Waals surface area contributed by atoms with Gasteiger partial charge in [-0.1, -0.05) is 55.5 Å². The van der Waals surface area contributed by atoms with E-state index in [-0.39, 0.29) is 31.5 Å². The number of ether oxygens (including phenoxy) is 2. The van der Waals surface area contributed by atoms with Gasteiger partial charge in [0.25, 0.3) is 5.91 Å². The summed E-state index contributed by atoms with van der Waals surface area (Å²) in [5.41, 5.74) is 3.14. The van der Waals surface area contributed by atoms with Gasteiger partial charge in [-0.25, -0.2) is 9.59 Å². The summed E-state index contributed by atoms with van der Waals surface area (Å²) in [6.07, 6.45) is 0.678. The Balaban J connectivity index is 1.30. The summed E-state index contributed by atoms with van der Waals surface area (Å²) in [5, 5.41) is 12.5. The normalized spacial score (nSPS) is 25.6. The maximum absolute atomic E-state index is 13.6. The summed E-state index contributed by atoms with van der Waals surface area (Å²) in [6, 6.07) is 15.2. The van der Waals surface area contributed by atoms with Crippen LogP contribution in [0.25, 0.3) is 11.1 Å². The number of benzene rings is 2. The molecule has 2 fully saturated rings. The second kappa shape index (κ2) is 9.34. The zero-order valence-corrected chi connectivity index (χ0v) is 19.7. The molecule has 3 aliphatic rings. The molecule has 2 heterocycles. The number of carboxylic acid groups (broad SMARTS) is 1. The summed E-state index contributed by atoms with van der Waals surface area (Å²) in [5.74, 6) is -1.33. The minimum Gasteiger partial charge on any atom is -0.480 e. The first-order valence-electron chi connectivity index (χ1n) is 12.1. The van der Waals surface area contributed by atoms with E-state index in [9.17, 15) is 19.5 Å². The van der Waals surface area contributed by atoms with E-state index in [4.69, 9.17) is 9.47 Å². The van der Waals surface area contributed by atoms with Crippen molar-refractivity contribution in [1.82, 2.24) is 10.2 Å². The molecule has 3 atom stereocenters. The minimum atomic E-state index is -1.32. The second-order valence-corrected chi connectivity index (χ2v) is 9.82. The highest BCUT2D eigenvalue weighted by atomic mass is 16.6. The molecule has 2 aliphatic heterocycles. The molecule has 2 amide bonds. The molecule has 1 aliphatic carbocycles. The van der Waals surface area contributed by atoms with Crippen molar-refractivity contribution in [3.63, 3.8) is 0 Å². The minimum absolute atomic E-state index is 0.00553. The van der Waals surface area contributed by atoms with Crippen LogP contribution in [0.15, 0.2) is 48.5 Å². The van der Waals surface area contributed by atoms with Gasteiger partial charge >= 0.3 is 12.1 Å². The summed E-state index contributed by atoms with van der Waals surface area (Å²) in [6.45, 7) is 2.75. The fourth-order valence-corrected chi connectivity index (χ4v) is 5.61. The Bertz CT molecular complexity index is 1100. The first-order valence-corrected chi connectivity index (χ1v) is 12.1. The van der Waals surface area contributed by atoms with Gasteiger partial charge in [0, 0.05) is 25.5 Å². The lowest BCUT2D eigenvalue weighted by Gasteiger charge is -2.40. The van der Waals surface area contributed by atoms with E-state index >= 15 is 0 Å². The van der Waals surface area contributed by atoms with Gasteiger partial charge in [-0.3, -0.25) is 4.79 Å². The number of carboxylic acids is 1. The zero-order chi connectivity index (χ0) is 24.6. The standard InChI is InChI=1S/C27H30N2O6/c1-17-10-12-29(23(14-17)24(30)31)25(32)27(11-13-34-16-27)28-26(33)35-15-22-20-8-4-2-6-18(20)19-7-3-5-9-21(19)22/h2-9,17,22-23H,10-16H2,1H3,(H,28,33)(H,30,31). The van der Waals surface area contributed by atoms with Crippen molar-refractivity contribution in [2.24, 2.45) is 5.92 Å². The van der Waals surface area contributed by atoms with Crippen molar-refractivity contribution in [2.45, 2.75) is 43.7 Å². The molecule has 2 saturated heterocycles. The molecule has 3 unspecified atom stereocenters. The molecule has 0 aromatic heterocycles. The van der Waals surface area contributed by atoms with E-state index in [0.717, 1.165) is 28.7 Å². The first kappa shape index (κ1) is 23.4. The number of likely N-dealkylation sites (tertiary alicyclic amines) is 1. The fourth-order valence-electron chi connectivity index (χ4n) is 5.61. The number of fused-ring (bicyclic) bond motifs is 3. The molecule has 2 N–H and O–H groups in total.